The molecule has 2 N–H and O–H groups in total. The number of aryl methyl sites for hydroxylation is 1. The van der Waals surface area contributed by atoms with Gasteiger partial charge in [-0.1, -0.05) is 35.3 Å². The number of methoxy groups -OCH3 is 3. The van der Waals surface area contributed by atoms with E-state index in [9.17, 15) is 4.79 Å². The summed E-state index contributed by atoms with van der Waals surface area (Å²) >= 11 is 13.4. The third-order valence-corrected chi connectivity index (χ3v) is 6.60. The van der Waals surface area contributed by atoms with Crippen molar-refractivity contribution in [2.45, 2.75) is 6.92 Å². The molecule has 1 aromatic heterocycles. The minimum atomic E-state index is 0.249. The summed E-state index contributed by atoms with van der Waals surface area (Å²) in [6.45, 7) is 2.86. The van der Waals surface area contributed by atoms with Crippen molar-refractivity contribution in [1.29, 1.82) is 0 Å². The number of hydrogen-bond donors (Lipinski definition) is 2. The van der Waals surface area contributed by atoms with Crippen LogP contribution in [0.2, 0.25) is 10.0 Å². The van der Waals surface area contributed by atoms with E-state index in [1.807, 2.05) is 44.1 Å². The molecule has 9 nitrogen and oxygen atoms in total. The molecule has 11 heteroatoms. The van der Waals surface area contributed by atoms with Crippen LogP contribution in [0.4, 0.5) is 22.9 Å². The Kier molecular flexibility index (Phi) is 10.2. The average Bonchev–Trinajstić information content (AvgIpc) is 2.92. The number of aliphatic imine (C=N–C) groups is 1. The zero-order chi connectivity index (χ0) is 27.8. The predicted molar refractivity (Wildman–Crippen MR) is 154 cm³/mol. The van der Waals surface area contributed by atoms with E-state index in [0.717, 1.165) is 23.2 Å². The van der Waals surface area contributed by atoms with Crippen molar-refractivity contribution >= 4 is 58.2 Å². The molecule has 1 heterocycles. The number of aldehydes is 1. The van der Waals surface area contributed by atoms with Gasteiger partial charge in [-0.25, -0.2) is 9.98 Å². The van der Waals surface area contributed by atoms with Gasteiger partial charge in [-0.05, 0) is 24.6 Å². The van der Waals surface area contributed by atoms with Gasteiger partial charge in [0.15, 0.2) is 6.29 Å². The topological polar surface area (TPSA) is 97.3 Å². The van der Waals surface area contributed by atoms with Gasteiger partial charge in [0.05, 0.1) is 59.7 Å². The van der Waals surface area contributed by atoms with Crippen LogP contribution in [0.1, 0.15) is 21.5 Å². The average molecular weight is 560 g/mol. The summed E-state index contributed by atoms with van der Waals surface area (Å²) in [6.07, 6.45) is 2.25. The quantitative estimate of drug-likeness (QED) is 0.168. The van der Waals surface area contributed by atoms with Crippen LogP contribution in [0.3, 0.4) is 0 Å². The lowest BCUT2D eigenvalue weighted by molar-refractivity contribution is 0.112. The first-order valence-electron chi connectivity index (χ1n) is 11.7. The number of hydrogen-bond acceptors (Lipinski definition) is 8. The van der Waals surface area contributed by atoms with Crippen LogP contribution in [0.15, 0.2) is 41.5 Å². The summed E-state index contributed by atoms with van der Waals surface area (Å²) in [7, 11) is 8.26. The Morgan fingerprint density at radius 1 is 1.13 bits per heavy atom. The lowest BCUT2D eigenvalue weighted by Gasteiger charge is -2.24. The van der Waals surface area contributed by atoms with Crippen molar-refractivity contribution in [3.05, 3.63) is 63.3 Å². The normalized spacial score (nSPS) is 11.2. The molecule has 2 aromatic carbocycles. The molecule has 3 rings (SSSR count). The summed E-state index contributed by atoms with van der Waals surface area (Å²) in [5, 5.41) is 6.95. The zero-order valence-electron chi connectivity index (χ0n) is 22.2. The van der Waals surface area contributed by atoms with Crippen molar-refractivity contribution in [3.8, 4) is 11.5 Å². The standard InChI is InChI=1S/C27H31Cl2N5O4/c1-16-8-7-9-18(30-2)26(16)33-22-12-17(15-35)19(14-31-22)32-27(34(3)10-11-36-4)23-24(28)20(37-5)13-21(38-6)25(23)29/h7-9,12-15,30H,10-11H2,1-6H3,(H,31,33)/b32-27-. The predicted octanol–water partition coefficient (Wildman–Crippen LogP) is 5.97. The number of nitrogens with zero attached hydrogens (tertiary/aromatic N) is 3. The van der Waals surface area contributed by atoms with E-state index < -0.39 is 0 Å². The number of nitrogens with one attached hydrogen (secondary N) is 2. The lowest BCUT2D eigenvalue weighted by Crippen LogP contribution is -2.31. The summed E-state index contributed by atoms with van der Waals surface area (Å²) in [5.74, 6) is 1.60. The zero-order valence-corrected chi connectivity index (χ0v) is 23.7. The molecule has 0 aliphatic carbocycles. The first kappa shape index (κ1) is 29.0. The Labute approximate surface area is 232 Å². The van der Waals surface area contributed by atoms with Crippen LogP contribution >= 0.6 is 23.2 Å². The molecular formula is C27H31Cl2N5O4. The van der Waals surface area contributed by atoms with Crippen LogP contribution in [0, 0.1) is 6.92 Å². The van der Waals surface area contributed by atoms with Crippen molar-refractivity contribution in [2.24, 2.45) is 4.99 Å². The summed E-state index contributed by atoms with van der Waals surface area (Å²) in [6, 6.07) is 9.14. The molecule has 0 aliphatic heterocycles. The van der Waals surface area contributed by atoms with Crippen molar-refractivity contribution in [2.75, 3.05) is 59.2 Å². The molecule has 38 heavy (non-hydrogen) atoms. The largest absolute Gasteiger partial charge is 0.495 e. The molecule has 0 bridgehead atoms. The van der Waals surface area contributed by atoms with Gasteiger partial charge in [0.2, 0.25) is 0 Å². The Hall–Kier alpha value is -3.53. The van der Waals surface area contributed by atoms with Gasteiger partial charge < -0.3 is 29.7 Å². The molecule has 0 unspecified atom stereocenters. The van der Waals surface area contributed by atoms with Gasteiger partial charge in [0.1, 0.15) is 23.2 Å². The summed E-state index contributed by atoms with van der Waals surface area (Å²) in [5.41, 5.74) is 3.82. The first-order valence-corrected chi connectivity index (χ1v) is 12.4. The Bertz CT molecular complexity index is 1310. The highest BCUT2D eigenvalue weighted by Crippen LogP contribution is 2.41. The Balaban J connectivity index is 2.16. The van der Waals surface area contributed by atoms with E-state index in [0.29, 0.717) is 53.1 Å². The maximum Gasteiger partial charge on any atom is 0.152 e. The van der Waals surface area contributed by atoms with E-state index in [1.54, 1.807) is 19.2 Å². The molecule has 202 valence electrons. The number of amidine groups is 1. The fourth-order valence-corrected chi connectivity index (χ4v) is 4.42. The van der Waals surface area contributed by atoms with Crippen LogP contribution in [0.5, 0.6) is 11.5 Å². The SMILES string of the molecule is CNc1cccc(C)c1Nc1cc(C=O)c(/N=C(/c2c(Cl)c(OC)cc(OC)c2Cl)N(C)CCOC)cn1. The molecule has 0 spiro atoms. The van der Waals surface area contributed by atoms with Crippen molar-refractivity contribution in [1.82, 2.24) is 9.88 Å². The molecule has 0 saturated heterocycles. The number of aromatic nitrogens is 1. The minimum absolute atomic E-state index is 0.249. The van der Waals surface area contributed by atoms with Crippen LogP contribution < -0.4 is 20.1 Å². The van der Waals surface area contributed by atoms with E-state index in [4.69, 9.17) is 42.4 Å². The van der Waals surface area contributed by atoms with Crippen molar-refractivity contribution in [3.63, 3.8) is 0 Å². The van der Waals surface area contributed by atoms with Crippen LogP contribution in [0.25, 0.3) is 0 Å². The number of carbonyl (C=O) groups is 1. The molecular weight excluding hydrogens is 529 g/mol. The molecule has 0 radical (unpaired) electrons. The Morgan fingerprint density at radius 3 is 2.39 bits per heavy atom. The number of ether oxygens (including phenoxy) is 3. The second-order valence-corrected chi connectivity index (χ2v) is 9.01. The van der Waals surface area contributed by atoms with Gasteiger partial charge in [-0.2, -0.15) is 0 Å². The fourth-order valence-electron chi connectivity index (χ4n) is 3.75. The number of likely N-dealkylation sites (N-methyl/N-ethyl adjacent to an activating group) is 1. The molecule has 0 atom stereocenters. The second kappa shape index (κ2) is 13.3. The van der Waals surface area contributed by atoms with Crippen LogP contribution in [-0.4, -0.2) is 70.6 Å². The molecule has 0 aliphatic rings. The number of pyridine rings is 1. The van der Waals surface area contributed by atoms with Crippen LogP contribution in [-0.2, 0) is 4.74 Å². The van der Waals surface area contributed by atoms with E-state index in [2.05, 4.69) is 15.6 Å². The second-order valence-electron chi connectivity index (χ2n) is 8.25. The van der Waals surface area contributed by atoms with Gasteiger partial charge in [0, 0.05) is 39.4 Å². The van der Waals surface area contributed by atoms with E-state index >= 15 is 0 Å². The summed E-state index contributed by atoms with van der Waals surface area (Å²) < 4.78 is 16.1. The number of para-hydroxylation sites is 1. The number of carbonyl (C=O) groups excluding carboxylic acids is 1. The number of rotatable bonds is 11. The minimum Gasteiger partial charge on any atom is -0.495 e. The number of benzene rings is 2. The lowest BCUT2D eigenvalue weighted by atomic mass is 10.1. The smallest absolute Gasteiger partial charge is 0.152 e. The summed E-state index contributed by atoms with van der Waals surface area (Å²) in [4.78, 5) is 23.3. The van der Waals surface area contributed by atoms with Crippen molar-refractivity contribution < 1.29 is 19.0 Å². The molecule has 0 fully saturated rings. The van der Waals surface area contributed by atoms with Gasteiger partial charge >= 0.3 is 0 Å². The molecule has 3 aromatic rings. The maximum atomic E-state index is 12.2. The van der Waals surface area contributed by atoms with Gasteiger partial charge in [-0.3, -0.25) is 4.79 Å². The number of anilines is 3. The number of halogens is 2. The molecule has 0 amide bonds. The molecule has 0 saturated carbocycles. The monoisotopic (exact) mass is 559 g/mol. The Morgan fingerprint density at radius 2 is 1.82 bits per heavy atom. The van der Waals surface area contributed by atoms with E-state index in [1.165, 1.54) is 20.4 Å². The third kappa shape index (κ3) is 6.30. The van der Waals surface area contributed by atoms with Gasteiger partial charge in [-0.15, -0.1) is 0 Å². The first-order chi connectivity index (χ1) is 18.3. The third-order valence-electron chi connectivity index (χ3n) is 5.85. The van der Waals surface area contributed by atoms with Gasteiger partial charge in [0.25, 0.3) is 0 Å². The highest BCUT2D eigenvalue weighted by atomic mass is 35.5. The highest BCUT2D eigenvalue weighted by Gasteiger charge is 2.24. The maximum absolute atomic E-state index is 12.2. The van der Waals surface area contributed by atoms with E-state index in [-0.39, 0.29) is 10.0 Å². The highest BCUT2D eigenvalue weighted by molar-refractivity contribution is 6.42. The fraction of sp³-hybridized carbons (Fsp3) is 0.296.